The molecule has 0 spiro atoms. The number of hydrogen-bond donors (Lipinski definition) is 1. The molecule has 0 unspecified atom stereocenters. The Hall–Kier alpha value is -2.21. The summed E-state index contributed by atoms with van der Waals surface area (Å²) in [7, 11) is 0. The number of benzene rings is 1. The van der Waals surface area contributed by atoms with Crippen LogP contribution in [0.5, 0.6) is 0 Å². The molecule has 118 valence electrons. The first-order valence-corrected chi connectivity index (χ1v) is 7.25. The van der Waals surface area contributed by atoms with Crippen molar-refractivity contribution in [1.29, 1.82) is 0 Å². The van der Waals surface area contributed by atoms with Crippen LogP contribution in [0.1, 0.15) is 10.4 Å². The molecule has 6 heteroatoms. The number of carbonyl (C=O) groups is 2. The van der Waals surface area contributed by atoms with Gasteiger partial charge in [0.25, 0.3) is 5.91 Å². The number of hydrogen-bond acceptors (Lipinski definition) is 3. The average molecular weight is 305 g/mol. The molecule has 1 aromatic carbocycles. The van der Waals surface area contributed by atoms with E-state index in [9.17, 15) is 14.0 Å². The maximum Gasteiger partial charge on any atom is 0.253 e. The van der Waals surface area contributed by atoms with Crippen molar-refractivity contribution in [3.63, 3.8) is 0 Å². The van der Waals surface area contributed by atoms with E-state index in [1.807, 2.05) is 4.90 Å². The summed E-state index contributed by atoms with van der Waals surface area (Å²) < 4.78 is 12.9. The lowest BCUT2D eigenvalue weighted by Gasteiger charge is -2.34. The lowest BCUT2D eigenvalue weighted by molar-refractivity contribution is -0.122. The van der Waals surface area contributed by atoms with E-state index in [1.165, 1.54) is 24.3 Å². The van der Waals surface area contributed by atoms with E-state index in [0.29, 0.717) is 44.8 Å². The molecule has 2 rings (SSSR count). The zero-order valence-electron chi connectivity index (χ0n) is 12.4. The lowest BCUT2D eigenvalue weighted by atomic mass is 10.2. The zero-order chi connectivity index (χ0) is 15.9. The second kappa shape index (κ2) is 7.70. The van der Waals surface area contributed by atoms with Gasteiger partial charge >= 0.3 is 0 Å². The molecule has 0 bridgehead atoms. The van der Waals surface area contributed by atoms with Crippen LogP contribution in [0.25, 0.3) is 0 Å². The minimum absolute atomic E-state index is 0.0433. The van der Waals surface area contributed by atoms with Crippen LogP contribution in [0.2, 0.25) is 0 Å². The third kappa shape index (κ3) is 4.39. The predicted molar refractivity (Wildman–Crippen MR) is 82.0 cm³/mol. The highest BCUT2D eigenvalue weighted by Crippen LogP contribution is 2.09. The first kappa shape index (κ1) is 16.2. The number of nitrogens with one attached hydrogen (secondary N) is 1. The van der Waals surface area contributed by atoms with E-state index in [-0.39, 0.29) is 17.6 Å². The molecule has 0 aliphatic carbocycles. The first-order chi connectivity index (χ1) is 10.6. The highest BCUT2D eigenvalue weighted by molar-refractivity contribution is 5.94. The summed E-state index contributed by atoms with van der Waals surface area (Å²) in [6.07, 6.45) is 1.64. The topological polar surface area (TPSA) is 52.7 Å². The van der Waals surface area contributed by atoms with E-state index in [0.717, 1.165) is 0 Å². The fourth-order valence-corrected chi connectivity index (χ4v) is 2.33. The van der Waals surface area contributed by atoms with Crippen molar-refractivity contribution < 1.29 is 14.0 Å². The molecule has 22 heavy (non-hydrogen) atoms. The lowest BCUT2D eigenvalue weighted by Crippen LogP contribution is -2.51. The normalized spacial score (nSPS) is 15.4. The summed E-state index contributed by atoms with van der Waals surface area (Å²) in [5, 5.41) is 2.73. The van der Waals surface area contributed by atoms with Crippen LogP contribution in [0, 0.1) is 5.82 Å². The molecule has 1 aromatic rings. The van der Waals surface area contributed by atoms with Gasteiger partial charge in [0.2, 0.25) is 5.91 Å². The molecule has 0 atom stereocenters. The summed E-state index contributed by atoms with van der Waals surface area (Å²) in [6, 6.07) is 5.56. The van der Waals surface area contributed by atoms with Crippen LogP contribution in [-0.2, 0) is 4.79 Å². The Balaban J connectivity index is 1.81. The molecule has 1 saturated heterocycles. The maximum atomic E-state index is 12.9. The smallest absolute Gasteiger partial charge is 0.253 e. The van der Waals surface area contributed by atoms with E-state index in [2.05, 4.69) is 11.9 Å². The van der Waals surface area contributed by atoms with Gasteiger partial charge in [-0.1, -0.05) is 6.08 Å². The van der Waals surface area contributed by atoms with Crippen molar-refractivity contribution in [2.45, 2.75) is 0 Å². The standard InChI is InChI=1S/C16H20FN3O2/c1-2-7-18-15(21)12-19-8-10-20(11-9-19)16(22)13-3-5-14(17)6-4-13/h2-6H,1,7-12H2,(H,18,21). The van der Waals surface area contributed by atoms with Crippen molar-refractivity contribution in [1.82, 2.24) is 15.1 Å². The van der Waals surface area contributed by atoms with Crippen LogP contribution < -0.4 is 5.32 Å². The van der Waals surface area contributed by atoms with E-state index in [1.54, 1.807) is 11.0 Å². The van der Waals surface area contributed by atoms with Crippen LogP contribution in [0.4, 0.5) is 4.39 Å². The first-order valence-electron chi connectivity index (χ1n) is 7.25. The monoisotopic (exact) mass is 305 g/mol. The molecular weight excluding hydrogens is 285 g/mol. The summed E-state index contributed by atoms with van der Waals surface area (Å²) in [5.41, 5.74) is 0.485. The van der Waals surface area contributed by atoms with Gasteiger partial charge < -0.3 is 10.2 Å². The van der Waals surface area contributed by atoms with Gasteiger partial charge in [-0.2, -0.15) is 0 Å². The quantitative estimate of drug-likeness (QED) is 0.822. The number of amides is 2. The Morgan fingerprint density at radius 3 is 2.41 bits per heavy atom. The van der Waals surface area contributed by atoms with Gasteiger partial charge in [0.1, 0.15) is 5.82 Å². The van der Waals surface area contributed by atoms with E-state index in [4.69, 9.17) is 0 Å². The van der Waals surface area contributed by atoms with Crippen molar-refractivity contribution >= 4 is 11.8 Å². The van der Waals surface area contributed by atoms with Crippen LogP contribution >= 0.6 is 0 Å². The number of halogens is 1. The second-order valence-electron chi connectivity index (χ2n) is 5.17. The summed E-state index contributed by atoms with van der Waals surface area (Å²) in [4.78, 5) is 27.6. The largest absolute Gasteiger partial charge is 0.352 e. The Labute approximate surface area is 129 Å². The predicted octanol–water partition coefficient (Wildman–Crippen LogP) is 0.886. The minimum Gasteiger partial charge on any atom is -0.352 e. The van der Waals surface area contributed by atoms with Crippen molar-refractivity contribution in [3.8, 4) is 0 Å². The van der Waals surface area contributed by atoms with Gasteiger partial charge in [-0.3, -0.25) is 14.5 Å². The number of nitrogens with zero attached hydrogens (tertiary/aromatic N) is 2. The van der Waals surface area contributed by atoms with Crippen molar-refractivity contribution in [2.24, 2.45) is 0 Å². The molecule has 5 nitrogen and oxygen atoms in total. The van der Waals surface area contributed by atoms with Crippen LogP contribution in [0.15, 0.2) is 36.9 Å². The van der Waals surface area contributed by atoms with E-state index >= 15 is 0 Å². The molecule has 2 amide bonds. The number of carbonyl (C=O) groups excluding carboxylic acids is 2. The highest BCUT2D eigenvalue weighted by Gasteiger charge is 2.23. The van der Waals surface area contributed by atoms with Crippen molar-refractivity contribution in [3.05, 3.63) is 48.3 Å². The Bertz CT molecular complexity index is 537. The highest BCUT2D eigenvalue weighted by atomic mass is 19.1. The third-order valence-electron chi connectivity index (χ3n) is 3.56. The van der Waals surface area contributed by atoms with Gasteiger partial charge in [0.15, 0.2) is 0 Å². The summed E-state index contributed by atoms with van der Waals surface area (Å²) >= 11 is 0. The summed E-state index contributed by atoms with van der Waals surface area (Å²) in [6.45, 7) is 6.75. The second-order valence-corrected chi connectivity index (χ2v) is 5.17. The Morgan fingerprint density at radius 1 is 1.18 bits per heavy atom. The van der Waals surface area contributed by atoms with Crippen LogP contribution in [0.3, 0.4) is 0 Å². The van der Waals surface area contributed by atoms with Gasteiger partial charge in [0.05, 0.1) is 6.54 Å². The maximum absolute atomic E-state index is 12.9. The number of piperazine rings is 1. The fourth-order valence-electron chi connectivity index (χ4n) is 2.33. The molecule has 0 radical (unpaired) electrons. The molecule has 0 aromatic heterocycles. The molecule has 1 aliphatic rings. The molecule has 1 heterocycles. The molecule has 1 aliphatic heterocycles. The molecule has 1 N–H and O–H groups in total. The molecule has 0 saturated carbocycles. The Morgan fingerprint density at radius 2 is 1.82 bits per heavy atom. The molecular formula is C16H20FN3O2. The zero-order valence-corrected chi connectivity index (χ0v) is 12.4. The average Bonchev–Trinajstić information content (AvgIpc) is 2.54. The number of rotatable bonds is 5. The SMILES string of the molecule is C=CCNC(=O)CN1CCN(C(=O)c2ccc(F)cc2)CC1. The fraction of sp³-hybridized carbons (Fsp3) is 0.375. The van der Waals surface area contributed by atoms with Crippen LogP contribution in [-0.4, -0.2) is 60.9 Å². The Kier molecular flexibility index (Phi) is 5.66. The minimum atomic E-state index is -0.355. The van der Waals surface area contributed by atoms with Gasteiger partial charge in [-0.15, -0.1) is 6.58 Å². The third-order valence-corrected chi connectivity index (χ3v) is 3.56. The molecule has 1 fully saturated rings. The van der Waals surface area contributed by atoms with Crippen molar-refractivity contribution in [2.75, 3.05) is 39.3 Å². The van der Waals surface area contributed by atoms with Gasteiger partial charge in [-0.05, 0) is 24.3 Å². The van der Waals surface area contributed by atoms with E-state index < -0.39 is 0 Å². The van der Waals surface area contributed by atoms with Gasteiger partial charge in [-0.25, -0.2) is 4.39 Å². The summed E-state index contributed by atoms with van der Waals surface area (Å²) in [5.74, 6) is -0.499. The van der Waals surface area contributed by atoms with Gasteiger partial charge in [0, 0.05) is 38.3 Å².